The molecule has 3 fully saturated rings. The summed E-state index contributed by atoms with van der Waals surface area (Å²) in [5.74, 6) is 0.990. The van der Waals surface area contributed by atoms with Crippen molar-refractivity contribution < 1.29 is 13.2 Å². The van der Waals surface area contributed by atoms with Gasteiger partial charge < -0.3 is 4.74 Å². The van der Waals surface area contributed by atoms with Gasteiger partial charge in [-0.2, -0.15) is 0 Å². The molecule has 0 atom stereocenters. The van der Waals surface area contributed by atoms with Gasteiger partial charge in [0.05, 0.1) is 12.9 Å². The molecule has 1 aromatic carbocycles. The predicted molar refractivity (Wildman–Crippen MR) is 75.3 cm³/mol. The van der Waals surface area contributed by atoms with E-state index in [1.165, 1.54) is 11.1 Å². The van der Waals surface area contributed by atoms with E-state index in [2.05, 4.69) is 13.0 Å². The molecule has 104 valence electrons. The number of halogens is 1. The molecule has 0 heterocycles. The van der Waals surface area contributed by atoms with Crippen molar-refractivity contribution in [2.45, 2.75) is 31.6 Å². The molecule has 0 radical (unpaired) electrons. The number of ether oxygens (including phenoxy) is 1. The third kappa shape index (κ3) is 2.05. The molecule has 0 unspecified atom stereocenters. The maximum atomic E-state index is 11.2. The fourth-order valence-electron chi connectivity index (χ4n) is 4.16. The molecule has 0 aromatic heterocycles. The molecule has 0 saturated heterocycles. The van der Waals surface area contributed by atoms with Gasteiger partial charge in [-0.15, -0.1) is 0 Å². The highest BCUT2D eigenvalue weighted by molar-refractivity contribution is 8.13. The first-order chi connectivity index (χ1) is 8.78. The summed E-state index contributed by atoms with van der Waals surface area (Å²) in [6.45, 7) is 2.09. The van der Waals surface area contributed by atoms with Crippen LogP contribution >= 0.6 is 10.7 Å². The molecule has 4 rings (SSSR count). The van der Waals surface area contributed by atoms with E-state index in [9.17, 15) is 8.42 Å². The summed E-state index contributed by atoms with van der Waals surface area (Å²) in [7, 11) is 3.65. The molecule has 0 amide bonds. The Balaban J connectivity index is 1.78. The molecule has 3 aliphatic rings. The molecular formula is C14H17ClO3S. The topological polar surface area (TPSA) is 43.4 Å². The fraction of sp³-hybridized carbons (Fsp3) is 0.571. The monoisotopic (exact) mass is 300 g/mol. The van der Waals surface area contributed by atoms with Crippen LogP contribution in [0.5, 0.6) is 5.75 Å². The largest absolute Gasteiger partial charge is 0.497 e. The van der Waals surface area contributed by atoms with Gasteiger partial charge in [0.2, 0.25) is 9.05 Å². The second-order valence-electron chi connectivity index (χ2n) is 6.17. The van der Waals surface area contributed by atoms with Crippen LogP contribution < -0.4 is 4.74 Å². The van der Waals surface area contributed by atoms with Crippen LogP contribution in [0.25, 0.3) is 0 Å². The minimum absolute atomic E-state index is 0.0487. The van der Waals surface area contributed by atoms with Crippen LogP contribution in [0.1, 0.15) is 30.4 Å². The standard InChI is InChI=1S/C14H17ClO3S/c1-10-5-11(18-2)3-4-12(10)14-6-13(7-14,8-14)9-19(15,16)17/h3-5H,6-9H2,1-2H3. The second-order valence-corrected chi connectivity index (χ2v) is 8.95. The first kappa shape index (κ1) is 13.3. The Morgan fingerprint density at radius 2 is 1.95 bits per heavy atom. The van der Waals surface area contributed by atoms with Gasteiger partial charge >= 0.3 is 0 Å². The second kappa shape index (κ2) is 3.89. The van der Waals surface area contributed by atoms with Crippen molar-refractivity contribution in [2.24, 2.45) is 5.41 Å². The summed E-state index contributed by atoms with van der Waals surface area (Å²) in [6.07, 6.45) is 2.83. The maximum Gasteiger partial charge on any atom is 0.233 e. The Morgan fingerprint density at radius 1 is 1.32 bits per heavy atom. The molecule has 3 saturated carbocycles. The van der Waals surface area contributed by atoms with E-state index in [4.69, 9.17) is 15.4 Å². The molecule has 2 bridgehead atoms. The SMILES string of the molecule is COc1ccc(C23CC(CS(=O)(=O)Cl)(C2)C3)c(C)c1. The Kier molecular flexibility index (Phi) is 2.71. The van der Waals surface area contributed by atoms with Gasteiger partial charge in [0.25, 0.3) is 0 Å². The highest BCUT2D eigenvalue weighted by Crippen LogP contribution is 2.74. The number of rotatable bonds is 4. The quantitative estimate of drug-likeness (QED) is 0.803. The summed E-state index contributed by atoms with van der Waals surface area (Å²) in [5, 5.41) is 0. The number of aryl methyl sites for hydroxylation is 1. The number of hydrogen-bond acceptors (Lipinski definition) is 3. The normalized spacial score (nSPS) is 32.4. The first-order valence-corrected chi connectivity index (χ1v) is 8.83. The van der Waals surface area contributed by atoms with Crippen LogP contribution in [-0.4, -0.2) is 21.3 Å². The minimum Gasteiger partial charge on any atom is -0.497 e. The molecule has 1 aromatic rings. The fourth-order valence-corrected chi connectivity index (χ4v) is 5.89. The highest BCUT2D eigenvalue weighted by atomic mass is 35.7. The van der Waals surface area contributed by atoms with E-state index in [0.29, 0.717) is 0 Å². The molecule has 0 aliphatic heterocycles. The van der Waals surface area contributed by atoms with Gasteiger partial charge in [-0.1, -0.05) is 6.07 Å². The van der Waals surface area contributed by atoms with Gasteiger partial charge in [-0.25, -0.2) is 8.42 Å². The Bertz CT molecular complexity index is 616. The van der Waals surface area contributed by atoms with Crippen molar-refractivity contribution in [1.82, 2.24) is 0 Å². The lowest BCUT2D eigenvalue weighted by molar-refractivity contribution is -0.122. The molecule has 5 heteroatoms. The third-order valence-electron chi connectivity index (χ3n) is 4.62. The smallest absolute Gasteiger partial charge is 0.233 e. The molecule has 0 spiro atoms. The molecular weight excluding hydrogens is 284 g/mol. The molecule has 3 aliphatic carbocycles. The average molecular weight is 301 g/mol. The van der Waals surface area contributed by atoms with Gasteiger partial charge in [-0.05, 0) is 60.3 Å². The van der Waals surface area contributed by atoms with Crippen molar-refractivity contribution in [1.29, 1.82) is 0 Å². The zero-order chi connectivity index (χ0) is 13.9. The third-order valence-corrected chi connectivity index (χ3v) is 5.91. The van der Waals surface area contributed by atoms with E-state index in [-0.39, 0.29) is 16.6 Å². The van der Waals surface area contributed by atoms with E-state index < -0.39 is 9.05 Å². The van der Waals surface area contributed by atoms with Crippen LogP contribution in [0, 0.1) is 12.3 Å². The van der Waals surface area contributed by atoms with Crippen LogP contribution in [0.15, 0.2) is 18.2 Å². The first-order valence-electron chi connectivity index (χ1n) is 6.35. The number of methoxy groups -OCH3 is 1. The lowest BCUT2D eigenvalue weighted by Gasteiger charge is -2.71. The molecule has 0 N–H and O–H groups in total. The Hall–Kier alpha value is -0.740. The van der Waals surface area contributed by atoms with Gasteiger partial charge in [0.15, 0.2) is 0 Å². The summed E-state index contributed by atoms with van der Waals surface area (Å²) in [5.41, 5.74) is 2.70. The maximum absolute atomic E-state index is 11.2. The van der Waals surface area contributed by atoms with E-state index in [0.717, 1.165) is 25.0 Å². The van der Waals surface area contributed by atoms with Crippen LogP contribution in [0.2, 0.25) is 0 Å². The van der Waals surface area contributed by atoms with Crippen molar-refractivity contribution in [2.75, 3.05) is 12.9 Å². The summed E-state index contributed by atoms with van der Waals surface area (Å²) in [4.78, 5) is 0. The van der Waals surface area contributed by atoms with Gasteiger partial charge in [0, 0.05) is 10.7 Å². The van der Waals surface area contributed by atoms with E-state index in [1.54, 1.807) is 7.11 Å². The Labute approximate surface area is 118 Å². The van der Waals surface area contributed by atoms with Crippen molar-refractivity contribution in [3.8, 4) is 5.75 Å². The zero-order valence-corrected chi connectivity index (χ0v) is 12.6. The lowest BCUT2D eigenvalue weighted by atomic mass is 9.34. The van der Waals surface area contributed by atoms with E-state index in [1.807, 2.05) is 12.1 Å². The van der Waals surface area contributed by atoms with Gasteiger partial charge in [0.1, 0.15) is 5.75 Å². The van der Waals surface area contributed by atoms with E-state index >= 15 is 0 Å². The predicted octanol–water partition coefficient (Wildman–Crippen LogP) is 2.99. The summed E-state index contributed by atoms with van der Waals surface area (Å²) >= 11 is 0. The van der Waals surface area contributed by atoms with Crippen molar-refractivity contribution >= 4 is 19.7 Å². The highest BCUT2D eigenvalue weighted by Gasteiger charge is 2.69. The summed E-state index contributed by atoms with van der Waals surface area (Å²) in [6, 6.07) is 6.14. The number of hydrogen-bond donors (Lipinski definition) is 0. The lowest BCUT2D eigenvalue weighted by Crippen LogP contribution is -2.66. The van der Waals surface area contributed by atoms with Crippen molar-refractivity contribution in [3.63, 3.8) is 0 Å². The average Bonchev–Trinajstić information content (AvgIpc) is 2.20. The minimum atomic E-state index is -3.38. The van der Waals surface area contributed by atoms with Gasteiger partial charge in [-0.3, -0.25) is 0 Å². The number of benzene rings is 1. The Morgan fingerprint density at radius 3 is 2.42 bits per heavy atom. The molecule has 19 heavy (non-hydrogen) atoms. The molecule has 3 nitrogen and oxygen atoms in total. The van der Waals surface area contributed by atoms with Crippen LogP contribution in [-0.2, 0) is 14.5 Å². The zero-order valence-electron chi connectivity index (χ0n) is 11.1. The summed E-state index contributed by atoms with van der Waals surface area (Å²) < 4.78 is 27.6. The van der Waals surface area contributed by atoms with Crippen LogP contribution in [0.4, 0.5) is 0 Å². The van der Waals surface area contributed by atoms with Crippen molar-refractivity contribution in [3.05, 3.63) is 29.3 Å². The van der Waals surface area contributed by atoms with Crippen LogP contribution in [0.3, 0.4) is 0 Å².